The van der Waals surface area contributed by atoms with E-state index in [-0.39, 0.29) is 11.5 Å². The van der Waals surface area contributed by atoms with E-state index in [4.69, 9.17) is 0 Å². The van der Waals surface area contributed by atoms with Gasteiger partial charge < -0.3 is 20.6 Å². The van der Waals surface area contributed by atoms with E-state index in [1.54, 1.807) is 6.07 Å². The SMILES string of the molecule is Oc1ccc(CCC2(O)CCCCC2CCNCC2CC2)cc1O. The number of aliphatic hydroxyl groups is 1. The molecular formula is C20H31NO3. The Hall–Kier alpha value is -1.26. The van der Waals surface area contributed by atoms with Crippen molar-refractivity contribution in [3.05, 3.63) is 23.8 Å². The minimum atomic E-state index is -0.590. The van der Waals surface area contributed by atoms with Crippen molar-refractivity contribution in [2.75, 3.05) is 13.1 Å². The first-order chi connectivity index (χ1) is 11.6. The fourth-order valence-electron chi connectivity index (χ4n) is 4.03. The maximum atomic E-state index is 11.2. The summed E-state index contributed by atoms with van der Waals surface area (Å²) >= 11 is 0. The molecule has 2 aliphatic rings. The van der Waals surface area contributed by atoms with Gasteiger partial charge in [0.2, 0.25) is 0 Å². The second-order valence-corrected chi connectivity index (χ2v) is 7.81. The minimum Gasteiger partial charge on any atom is -0.504 e. The molecule has 0 heterocycles. The molecule has 4 heteroatoms. The lowest BCUT2D eigenvalue weighted by Crippen LogP contribution is -2.42. The van der Waals surface area contributed by atoms with E-state index >= 15 is 0 Å². The second kappa shape index (κ2) is 7.75. The topological polar surface area (TPSA) is 72.7 Å². The van der Waals surface area contributed by atoms with Crippen molar-refractivity contribution in [2.24, 2.45) is 11.8 Å². The molecule has 0 saturated heterocycles. The van der Waals surface area contributed by atoms with Crippen molar-refractivity contribution in [3.8, 4) is 11.5 Å². The van der Waals surface area contributed by atoms with Gasteiger partial charge in [-0.15, -0.1) is 0 Å². The second-order valence-electron chi connectivity index (χ2n) is 7.81. The van der Waals surface area contributed by atoms with Crippen LogP contribution >= 0.6 is 0 Å². The van der Waals surface area contributed by atoms with E-state index in [0.717, 1.165) is 63.1 Å². The normalized spacial score (nSPS) is 27.3. The predicted octanol–water partition coefficient (Wildman–Crippen LogP) is 3.34. The van der Waals surface area contributed by atoms with E-state index in [1.165, 1.54) is 25.3 Å². The Morgan fingerprint density at radius 3 is 2.67 bits per heavy atom. The molecule has 2 aliphatic carbocycles. The van der Waals surface area contributed by atoms with Crippen molar-refractivity contribution in [1.82, 2.24) is 5.32 Å². The van der Waals surface area contributed by atoms with Crippen LogP contribution in [-0.4, -0.2) is 34.0 Å². The third-order valence-corrected chi connectivity index (χ3v) is 5.86. The molecule has 0 aliphatic heterocycles. The van der Waals surface area contributed by atoms with Gasteiger partial charge in [-0.3, -0.25) is 0 Å². The van der Waals surface area contributed by atoms with Gasteiger partial charge in [-0.1, -0.05) is 18.9 Å². The lowest BCUT2D eigenvalue weighted by molar-refractivity contribution is -0.0574. The van der Waals surface area contributed by atoms with Crippen molar-refractivity contribution < 1.29 is 15.3 Å². The molecule has 0 radical (unpaired) electrons. The zero-order valence-electron chi connectivity index (χ0n) is 14.5. The van der Waals surface area contributed by atoms with Gasteiger partial charge in [0.1, 0.15) is 0 Å². The standard InChI is InChI=1S/C20H31NO3/c22-18-7-6-15(13-19(18)23)8-11-20(24)10-2-1-3-17(20)9-12-21-14-16-4-5-16/h6-7,13,16-17,21-24H,1-5,8-12,14H2. The first-order valence-corrected chi connectivity index (χ1v) is 9.51. The van der Waals surface area contributed by atoms with Gasteiger partial charge in [0, 0.05) is 0 Å². The van der Waals surface area contributed by atoms with Gasteiger partial charge in [0.25, 0.3) is 0 Å². The summed E-state index contributed by atoms with van der Waals surface area (Å²) in [6, 6.07) is 4.95. The van der Waals surface area contributed by atoms with Gasteiger partial charge in [-0.2, -0.15) is 0 Å². The van der Waals surface area contributed by atoms with Crippen LogP contribution in [0.15, 0.2) is 18.2 Å². The molecule has 134 valence electrons. The van der Waals surface area contributed by atoms with Gasteiger partial charge in [0.05, 0.1) is 5.60 Å². The van der Waals surface area contributed by atoms with Gasteiger partial charge in [0.15, 0.2) is 11.5 Å². The van der Waals surface area contributed by atoms with Crippen LogP contribution in [0, 0.1) is 11.8 Å². The molecule has 0 bridgehead atoms. The van der Waals surface area contributed by atoms with E-state index in [9.17, 15) is 15.3 Å². The van der Waals surface area contributed by atoms with E-state index in [2.05, 4.69) is 5.32 Å². The first kappa shape index (κ1) is 17.6. The maximum Gasteiger partial charge on any atom is 0.157 e. The third kappa shape index (κ3) is 4.64. The highest BCUT2D eigenvalue weighted by Gasteiger charge is 2.37. The largest absolute Gasteiger partial charge is 0.504 e. The Balaban J connectivity index is 1.51. The highest BCUT2D eigenvalue weighted by Crippen LogP contribution is 2.39. The van der Waals surface area contributed by atoms with Crippen molar-refractivity contribution in [1.29, 1.82) is 0 Å². The summed E-state index contributed by atoms with van der Waals surface area (Å²) in [5.41, 5.74) is 0.377. The number of nitrogens with one attached hydrogen (secondary N) is 1. The molecular weight excluding hydrogens is 302 g/mol. The van der Waals surface area contributed by atoms with Crippen LogP contribution < -0.4 is 5.32 Å². The summed E-state index contributed by atoms with van der Waals surface area (Å²) in [5, 5.41) is 33.8. The summed E-state index contributed by atoms with van der Waals surface area (Å²) in [6.07, 6.45) is 9.57. The third-order valence-electron chi connectivity index (χ3n) is 5.86. The van der Waals surface area contributed by atoms with Crippen molar-refractivity contribution >= 4 is 0 Å². The quantitative estimate of drug-likeness (QED) is 0.435. The summed E-state index contributed by atoms with van der Waals surface area (Å²) < 4.78 is 0. The molecule has 2 unspecified atom stereocenters. The highest BCUT2D eigenvalue weighted by atomic mass is 16.3. The number of benzene rings is 1. The zero-order chi connectivity index (χ0) is 17.0. The molecule has 2 saturated carbocycles. The van der Waals surface area contributed by atoms with Crippen LogP contribution in [0.2, 0.25) is 0 Å². The predicted molar refractivity (Wildman–Crippen MR) is 95.2 cm³/mol. The fourth-order valence-corrected chi connectivity index (χ4v) is 4.03. The molecule has 4 N–H and O–H groups in total. The Kier molecular flexibility index (Phi) is 5.67. The van der Waals surface area contributed by atoms with Crippen molar-refractivity contribution in [3.63, 3.8) is 0 Å². The zero-order valence-corrected chi connectivity index (χ0v) is 14.5. The average molecular weight is 333 g/mol. The number of hydrogen-bond donors (Lipinski definition) is 4. The van der Waals surface area contributed by atoms with Crippen LogP contribution in [0.3, 0.4) is 0 Å². The Morgan fingerprint density at radius 2 is 1.92 bits per heavy atom. The molecule has 1 aromatic rings. The van der Waals surface area contributed by atoms with Crippen LogP contribution in [0.5, 0.6) is 11.5 Å². The molecule has 1 aromatic carbocycles. The van der Waals surface area contributed by atoms with Crippen LogP contribution in [0.1, 0.15) is 56.9 Å². The summed E-state index contributed by atoms with van der Waals surface area (Å²) in [7, 11) is 0. The van der Waals surface area contributed by atoms with E-state index in [0.29, 0.717) is 5.92 Å². The molecule has 4 nitrogen and oxygen atoms in total. The molecule has 0 spiro atoms. The number of rotatable bonds is 8. The molecule has 2 fully saturated rings. The summed E-state index contributed by atoms with van der Waals surface area (Å²) in [6.45, 7) is 2.14. The van der Waals surface area contributed by atoms with Gasteiger partial charge >= 0.3 is 0 Å². The minimum absolute atomic E-state index is 0.0797. The molecule has 0 aromatic heterocycles. The Bertz CT molecular complexity index is 544. The van der Waals surface area contributed by atoms with Crippen molar-refractivity contribution in [2.45, 2.75) is 63.4 Å². The van der Waals surface area contributed by atoms with Gasteiger partial charge in [-0.25, -0.2) is 0 Å². The molecule has 24 heavy (non-hydrogen) atoms. The first-order valence-electron chi connectivity index (χ1n) is 9.51. The maximum absolute atomic E-state index is 11.2. The lowest BCUT2D eigenvalue weighted by atomic mass is 9.71. The highest BCUT2D eigenvalue weighted by molar-refractivity contribution is 5.40. The number of hydrogen-bond acceptors (Lipinski definition) is 4. The number of phenols is 2. The smallest absolute Gasteiger partial charge is 0.157 e. The van der Waals surface area contributed by atoms with Gasteiger partial charge in [-0.05, 0) is 87.6 Å². The summed E-state index contributed by atoms with van der Waals surface area (Å²) in [5.74, 6) is 1.10. The average Bonchev–Trinajstić information content (AvgIpc) is 3.39. The number of aromatic hydroxyl groups is 2. The monoisotopic (exact) mass is 333 g/mol. The fraction of sp³-hybridized carbons (Fsp3) is 0.700. The van der Waals surface area contributed by atoms with E-state index in [1.807, 2.05) is 6.07 Å². The van der Waals surface area contributed by atoms with Crippen LogP contribution in [-0.2, 0) is 6.42 Å². The molecule has 3 rings (SSSR count). The molecule has 0 amide bonds. The number of aryl methyl sites for hydroxylation is 1. The van der Waals surface area contributed by atoms with Crippen LogP contribution in [0.4, 0.5) is 0 Å². The number of phenolic OH excluding ortho intramolecular Hbond substituents is 2. The Morgan fingerprint density at radius 1 is 1.08 bits per heavy atom. The lowest BCUT2D eigenvalue weighted by Gasteiger charge is -2.40. The summed E-state index contributed by atoms with van der Waals surface area (Å²) in [4.78, 5) is 0. The van der Waals surface area contributed by atoms with Crippen LogP contribution in [0.25, 0.3) is 0 Å². The Labute approximate surface area is 144 Å². The molecule has 2 atom stereocenters. The van der Waals surface area contributed by atoms with E-state index < -0.39 is 5.60 Å².